The molecule has 2 rings (SSSR count). The first-order valence-electron chi connectivity index (χ1n) is 5.07. The molecule has 4 heteroatoms. The van der Waals surface area contributed by atoms with Crippen LogP contribution >= 0.6 is 12.6 Å². The molecule has 3 nitrogen and oxygen atoms in total. The number of aromatic nitrogens is 2. The van der Waals surface area contributed by atoms with E-state index in [0.29, 0.717) is 4.90 Å². The number of nitrogens with zero attached hydrogens (tertiary/aromatic N) is 2. The maximum atomic E-state index is 11.8. The van der Waals surface area contributed by atoms with Crippen molar-refractivity contribution in [3.05, 3.63) is 52.7 Å². The highest BCUT2D eigenvalue weighted by Crippen LogP contribution is 2.08. The predicted molar refractivity (Wildman–Crippen MR) is 66.5 cm³/mol. The van der Waals surface area contributed by atoms with Gasteiger partial charge in [-0.05, 0) is 24.1 Å². The Morgan fingerprint density at radius 1 is 1.31 bits per heavy atom. The number of benzene rings is 1. The Morgan fingerprint density at radius 3 is 2.62 bits per heavy atom. The first-order valence-corrected chi connectivity index (χ1v) is 5.52. The molecule has 0 atom stereocenters. The molecule has 0 N–H and O–H groups in total. The second-order valence-electron chi connectivity index (χ2n) is 3.47. The average molecular weight is 232 g/mol. The highest BCUT2D eigenvalue weighted by atomic mass is 32.1. The fourth-order valence-electron chi connectivity index (χ4n) is 1.48. The molecule has 16 heavy (non-hydrogen) atoms. The van der Waals surface area contributed by atoms with E-state index in [1.54, 1.807) is 0 Å². The summed E-state index contributed by atoms with van der Waals surface area (Å²) in [7, 11) is 0. The molecule has 0 saturated heterocycles. The van der Waals surface area contributed by atoms with Crippen LogP contribution in [0.3, 0.4) is 0 Å². The summed E-state index contributed by atoms with van der Waals surface area (Å²) in [5.41, 5.74) is 1.90. The molecule has 0 fully saturated rings. The number of hydrogen-bond donors (Lipinski definition) is 1. The van der Waals surface area contributed by atoms with Crippen molar-refractivity contribution in [2.75, 3.05) is 0 Å². The fourth-order valence-corrected chi connectivity index (χ4v) is 1.65. The van der Waals surface area contributed by atoms with E-state index in [9.17, 15) is 4.79 Å². The second-order valence-corrected chi connectivity index (χ2v) is 3.96. The molecule has 0 aliphatic rings. The van der Waals surface area contributed by atoms with E-state index in [-0.39, 0.29) is 5.56 Å². The Bertz CT molecular complexity index is 546. The minimum absolute atomic E-state index is 0.150. The lowest BCUT2D eigenvalue weighted by Gasteiger charge is -2.05. The van der Waals surface area contributed by atoms with Gasteiger partial charge in [0.1, 0.15) is 6.33 Å². The maximum absolute atomic E-state index is 11.8. The normalized spacial score (nSPS) is 10.4. The molecule has 0 radical (unpaired) electrons. The van der Waals surface area contributed by atoms with Crippen molar-refractivity contribution in [3.8, 4) is 5.69 Å². The maximum Gasteiger partial charge on any atom is 0.271 e. The summed E-state index contributed by atoms with van der Waals surface area (Å²) in [5, 5.41) is 0. The van der Waals surface area contributed by atoms with E-state index in [4.69, 9.17) is 0 Å². The number of thiol groups is 1. The van der Waals surface area contributed by atoms with Crippen LogP contribution in [-0.2, 0) is 6.42 Å². The molecule has 1 aromatic carbocycles. The van der Waals surface area contributed by atoms with Gasteiger partial charge in [0.05, 0.1) is 10.6 Å². The zero-order chi connectivity index (χ0) is 11.5. The monoisotopic (exact) mass is 232 g/mol. The minimum Gasteiger partial charge on any atom is -0.268 e. The van der Waals surface area contributed by atoms with Crippen molar-refractivity contribution in [1.29, 1.82) is 0 Å². The van der Waals surface area contributed by atoms with E-state index >= 15 is 0 Å². The largest absolute Gasteiger partial charge is 0.271 e. The molecular weight excluding hydrogens is 220 g/mol. The molecule has 0 unspecified atom stereocenters. The molecule has 0 saturated carbocycles. The summed E-state index contributed by atoms with van der Waals surface area (Å²) in [6, 6.07) is 7.84. The third-order valence-corrected chi connectivity index (χ3v) is 2.75. The van der Waals surface area contributed by atoms with E-state index in [2.05, 4.69) is 24.5 Å². The van der Waals surface area contributed by atoms with Gasteiger partial charge in [-0.25, -0.2) is 4.98 Å². The van der Waals surface area contributed by atoms with Crippen molar-refractivity contribution < 1.29 is 0 Å². The van der Waals surface area contributed by atoms with Crippen LogP contribution in [0.15, 0.2) is 46.5 Å². The van der Waals surface area contributed by atoms with Gasteiger partial charge >= 0.3 is 0 Å². The minimum atomic E-state index is -0.150. The highest BCUT2D eigenvalue weighted by Gasteiger charge is 2.02. The van der Waals surface area contributed by atoms with Gasteiger partial charge in [0.25, 0.3) is 5.56 Å². The molecule has 0 amide bonds. The van der Waals surface area contributed by atoms with Crippen LogP contribution in [0.4, 0.5) is 0 Å². The molecule has 1 heterocycles. The van der Waals surface area contributed by atoms with Crippen LogP contribution in [0.1, 0.15) is 12.5 Å². The van der Waals surface area contributed by atoms with Crippen LogP contribution in [0.2, 0.25) is 0 Å². The molecule has 0 spiro atoms. The summed E-state index contributed by atoms with van der Waals surface area (Å²) in [6.45, 7) is 2.09. The van der Waals surface area contributed by atoms with E-state index < -0.39 is 0 Å². The Morgan fingerprint density at radius 2 is 2.00 bits per heavy atom. The average Bonchev–Trinajstić information content (AvgIpc) is 2.33. The Labute approximate surface area is 99.2 Å². The summed E-state index contributed by atoms with van der Waals surface area (Å²) >= 11 is 4.06. The topological polar surface area (TPSA) is 34.9 Å². The number of hydrogen-bond acceptors (Lipinski definition) is 3. The zero-order valence-electron chi connectivity index (χ0n) is 8.92. The first kappa shape index (κ1) is 11.0. The van der Waals surface area contributed by atoms with Gasteiger partial charge in [0, 0.05) is 6.20 Å². The van der Waals surface area contributed by atoms with Crippen LogP contribution < -0.4 is 5.56 Å². The third kappa shape index (κ3) is 2.02. The van der Waals surface area contributed by atoms with Crippen molar-refractivity contribution >= 4 is 12.6 Å². The Balaban J connectivity index is 2.51. The third-order valence-electron chi connectivity index (χ3n) is 2.44. The van der Waals surface area contributed by atoms with Gasteiger partial charge in [-0.15, -0.1) is 12.6 Å². The molecule has 1 aromatic heterocycles. The first-order chi connectivity index (χ1) is 7.72. The van der Waals surface area contributed by atoms with Crippen molar-refractivity contribution in [2.45, 2.75) is 18.2 Å². The second kappa shape index (κ2) is 4.53. The van der Waals surface area contributed by atoms with Gasteiger partial charge < -0.3 is 0 Å². The summed E-state index contributed by atoms with van der Waals surface area (Å²) in [4.78, 5) is 16.1. The van der Waals surface area contributed by atoms with Crippen LogP contribution in [0.5, 0.6) is 0 Å². The van der Waals surface area contributed by atoms with Crippen molar-refractivity contribution in [3.63, 3.8) is 0 Å². The highest BCUT2D eigenvalue weighted by molar-refractivity contribution is 7.80. The van der Waals surface area contributed by atoms with Gasteiger partial charge in [-0.3, -0.25) is 9.36 Å². The summed E-state index contributed by atoms with van der Waals surface area (Å²) in [6.07, 6.45) is 3.94. The number of aryl methyl sites for hydroxylation is 1. The molecule has 82 valence electrons. The van der Waals surface area contributed by atoms with Crippen molar-refractivity contribution in [1.82, 2.24) is 9.55 Å². The molecule has 2 aromatic rings. The van der Waals surface area contributed by atoms with Crippen molar-refractivity contribution in [2.24, 2.45) is 0 Å². The van der Waals surface area contributed by atoms with Gasteiger partial charge in [-0.1, -0.05) is 19.1 Å². The van der Waals surface area contributed by atoms with Gasteiger partial charge in [0.2, 0.25) is 0 Å². The lowest BCUT2D eigenvalue weighted by Crippen LogP contribution is -2.18. The summed E-state index contributed by atoms with van der Waals surface area (Å²) in [5.74, 6) is 0. The zero-order valence-corrected chi connectivity index (χ0v) is 9.82. The fraction of sp³-hybridized carbons (Fsp3) is 0.167. The lowest BCUT2D eigenvalue weighted by molar-refractivity contribution is 0.891. The van der Waals surface area contributed by atoms with E-state index in [1.807, 2.05) is 24.3 Å². The predicted octanol–water partition coefficient (Wildman–Crippen LogP) is 2.08. The lowest BCUT2D eigenvalue weighted by atomic mass is 10.1. The molecule has 0 bridgehead atoms. The van der Waals surface area contributed by atoms with Gasteiger partial charge in [-0.2, -0.15) is 0 Å². The van der Waals surface area contributed by atoms with E-state index in [1.165, 1.54) is 22.7 Å². The van der Waals surface area contributed by atoms with Crippen LogP contribution in [-0.4, -0.2) is 9.55 Å². The summed E-state index contributed by atoms with van der Waals surface area (Å²) < 4.78 is 1.49. The molecule has 0 aliphatic carbocycles. The number of rotatable bonds is 2. The van der Waals surface area contributed by atoms with E-state index in [0.717, 1.165) is 12.1 Å². The quantitative estimate of drug-likeness (QED) is 0.805. The van der Waals surface area contributed by atoms with Gasteiger partial charge in [0.15, 0.2) is 0 Å². The smallest absolute Gasteiger partial charge is 0.268 e. The molecule has 0 aliphatic heterocycles. The Hall–Kier alpha value is -1.55. The Kier molecular flexibility index (Phi) is 3.10. The standard InChI is InChI=1S/C12H12N2OS/c1-2-9-3-5-10(6-4-9)14-8-13-7-11(16)12(14)15/h3-8,16H,2H2,1H3. The van der Waals surface area contributed by atoms with Crippen LogP contribution in [0.25, 0.3) is 5.69 Å². The van der Waals surface area contributed by atoms with Crippen LogP contribution in [0, 0.1) is 0 Å². The molecular formula is C12H12N2OS. The SMILES string of the molecule is CCc1ccc(-n2cncc(S)c2=O)cc1.